The molecule has 2 amide bonds. The van der Waals surface area contributed by atoms with Gasteiger partial charge in [0.05, 0.1) is 12.6 Å². The average Bonchev–Trinajstić information content (AvgIpc) is 3.39. The number of aromatic nitrogens is 5. The summed E-state index contributed by atoms with van der Waals surface area (Å²) >= 11 is 0. The number of nitrogens with one attached hydrogen (secondary N) is 1. The summed E-state index contributed by atoms with van der Waals surface area (Å²) in [6, 6.07) is 11.6. The molecule has 39 heavy (non-hydrogen) atoms. The van der Waals surface area contributed by atoms with Crippen LogP contribution in [0.2, 0.25) is 0 Å². The first-order valence-electron chi connectivity index (χ1n) is 12.8. The molecule has 0 radical (unpaired) electrons. The number of hydrogen-bond donors (Lipinski definition) is 1. The van der Waals surface area contributed by atoms with E-state index in [2.05, 4.69) is 25.7 Å². The van der Waals surface area contributed by atoms with Gasteiger partial charge in [-0.2, -0.15) is 0 Å². The molecule has 5 rings (SSSR count). The van der Waals surface area contributed by atoms with E-state index in [4.69, 9.17) is 9.47 Å². The number of rotatable bonds is 7. The lowest BCUT2D eigenvalue weighted by molar-refractivity contribution is 0.0526. The molecule has 1 aliphatic rings. The number of carbonyl (C=O) groups excluding carboxylic acids is 2. The summed E-state index contributed by atoms with van der Waals surface area (Å²) in [4.78, 5) is 27.4. The van der Waals surface area contributed by atoms with Crippen LogP contribution >= 0.6 is 0 Å². The summed E-state index contributed by atoms with van der Waals surface area (Å²) in [6.45, 7) is 8.56. The van der Waals surface area contributed by atoms with E-state index in [0.29, 0.717) is 43.4 Å². The predicted molar refractivity (Wildman–Crippen MR) is 144 cm³/mol. The quantitative estimate of drug-likeness (QED) is 0.356. The summed E-state index contributed by atoms with van der Waals surface area (Å²) in [7, 11) is 1.63. The first-order valence-corrected chi connectivity index (χ1v) is 12.8. The smallest absolute Gasteiger partial charge is 0.407 e. The highest BCUT2D eigenvalue weighted by molar-refractivity contribution is 6.04. The summed E-state index contributed by atoms with van der Waals surface area (Å²) in [5, 5.41) is 19.2. The highest BCUT2D eigenvalue weighted by Gasteiger charge is 2.34. The van der Waals surface area contributed by atoms with Crippen LogP contribution in [0, 0.1) is 6.92 Å². The molecule has 1 N–H and O–H groups in total. The number of carbonyl (C=O) groups is 2. The molecule has 11 heteroatoms. The predicted octanol–water partition coefficient (Wildman–Crippen LogP) is 4.04. The molecule has 0 atom stereocenters. The van der Waals surface area contributed by atoms with Gasteiger partial charge >= 0.3 is 6.09 Å². The molecule has 0 bridgehead atoms. The van der Waals surface area contributed by atoms with Crippen molar-refractivity contribution in [2.45, 2.75) is 46.3 Å². The number of hydrogen-bond acceptors (Lipinski definition) is 8. The fraction of sp³-hybridized carbons (Fsp3) is 0.357. The number of aryl methyl sites for hydroxylation is 1. The number of amides is 2. The number of alkyl carbamates (subject to hydrolysis) is 1. The van der Waals surface area contributed by atoms with Gasteiger partial charge < -0.3 is 24.1 Å². The van der Waals surface area contributed by atoms with Crippen LogP contribution in [-0.4, -0.2) is 67.5 Å². The molecule has 1 aromatic carbocycles. The van der Waals surface area contributed by atoms with Crippen molar-refractivity contribution in [2.75, 3.05) is 20.2 Å². The molecule has 0 fully saturated rings. The fourth-order valence-electron chi connectivity index (χ4n) is 4.67. The highest BCUT2D eigenvalue weighted by atomic mass is 16.6. The number of fused-ring (bicyclic) bond motifs is 3. The Morgan fingerprint density at radius 3 is 2.44 bits per heavy atom. The van der Waals surface area contributed by atoms with Crippen molar-refractivity contribution in [3.63, 3.8) is 0 Å². The number of methoxy groups -OCH3 is 1. The maximum absolute atomic E-state index is 13.6. The first kappa shape index (κ1) is 26.1. The Bertz CT molecular complexity index is 1520. The average molecular weight is 530 g/mol. The molecule has 1 aliphatic heterocycles. The van der Waals surface area contributed by atoms with Crippen molar-refractivity contribution >= 4 is 17.5 Å². The lowest BCUT2D eigenvalue weighted by atomic mass is 10.0. The fourth-order valence-corrected chi connectivity index (χ4v) is 4.67. The molecule has 0 saturated carbocycles. The van der Waals surface area contributed by atoms with E-state index >= 15 is 0 Å². The van der Waals surface area contributed by atoms with Crippen molar-refractivity contribution in [1.29, 1.82) is 0 Å². The van der Waals surface area contributed by atoms with Gasteiger partial charge in [0.25, 0.3) is 5.91 Å². The van der Waals surface area contributed by atoms with Gasteiger partial charge in [0, 0.05) is 42.5 Å². The lowest BCUT2D eigenvalue weighted by Gasteiger charge is -2.20. The number of ether oxygens (including phenoxy) is 2. The third-order valence-corrected chi connectivity index (χ3v) is 6.37. The first-order chi connectivity index (χ1) is 18.6. The van der Waals surface area contributed by atoms with Gasteiger partial charge in [0.2, 0.25) is 5.82 Å². The van der Waals surface area contributed by atoms with Gasteiger partial charge in [-0.3, -0.25) is 4.79 Å². The second-order valence-corrected chi connectivity index (χ2v) is 10.4. The van der Waals surface area contributed by atoms with Crippen LogP contribution in [0.25, 0.3) is 28.0 Å². The van der Waals surface area contributed by atoms with Crippen LogP contribution in [-0.2, 0) is 11.3 Å². The van der Waals surface area contributed by atoms with Gasteiger partial charge in [-0.1, -0.05) is 12.1 Å². The molecule has 202 valence electrons. The van der Waals surface area contributed by atoms with Crippen LogP contribution in [0.4, 0.5) is 4.79 Å². The van der Waals surface area contributed by atoms with Gasteiger partial charge in [0.1, 0.15) is 17.0 Å². The zero-order valence-corrected chi connectivity index (χ0v) is 22.7. The van der Waals surface area contributed by atoms with E-state index in [-0.39, 0.29) is 5.91 Å². The molecule has 3 aromatic heterocycles. The van der Waals surface area contributed by atoms with Crippen LogP contribution in [0.15, 0.2) is 42.6 Å². The van der Waals surface area contributed by atoms with Gasteiger partial charge in [-0.25, -0.2) is 4.79 Å². The van der Waals surface area contributed by atoms with Crippen molar-refractivity contribution in [3.8, 4) is 28.3 Å². The molecule has 11 nitrogen and oxygen atoms in total. The van der Waals surface area contributed by atoms with Crippen LogP contribution in [0.1, 0.15) is 49.1 Å². The van der Waals surface area contributed by atoms with Gasteiger partial charge in [-0.05, 0) is 63.9 Å². The summed E-state index contributed by atoms with van der Waals surface area (Å²) < 4.78 is 12.6. The van der Waals surface area contributed by atoms with Crippen molar-refractivity contribution in [2.24, 2.45) is 0 Å². The van der Waals surface area contributed by atoms with Crippen molar-refractivity contribution in [1.82, 2.24) is 35.0 Å². The Balaban J connectivity index is 1.44. The van der Waals surface area contributed by atoms with E-state index in [1.165, 1.54) is 0 Å². The Kier molecular flexibility index (Phi) is 6.90. The number of benzene rings is 1. The van der Waals surface area contributed by atoms with Crippen LogP contribution in [0.5, 0.6) is 5.75 Å². The minimum Gasteiger partial charge on any atom is -0.497 e. The molecule has 0 unspecified atom stereocenters. The molecule has 4 aromatic rings. The number of nitrogens with zero attached hydrogens (tertiary/aromatic N) is 6. The number of pyridine rings is 1. The zero-order chi connectivity index (χ0) is 27.7. The van der Waals surface area contributed by atoms with E-state index in [0.717, 1.165) is 33.5 Å². The minimum absolute atomic E-state index is 0.0558. The Morgan fingerprint density at radius 1 is 1.05 bits per heavy atom. The van der Waals surface area contributed by atoms with E-state index in [1.54, 1.807) is 14.0 Å². The van der Waals surface area contributed by atoms with E-state index in [9.17, 15) is 9.59 Å². The van der Waals surface area contributed by atoms with Crippen LogP contribution < -0.4 is 10.1 Å². The van der Waals surface area contributed by atoms with E-state index in [1.807, 2.05) is 72.7 Å². The lowest BCUT2D eigenvalue weighted by Crippen LogP contribution is -2.34. The Morgan fingerprint density at radius 2 is 1.77 bits per heavy atom. The second-order valence-electron chi connectivity index (χ2n) is 10.4. The van der Waals surface area contributed by atoms with E-state index < -0.39 is 11.7 Å². The molecular formula is C28H31N7O4. The molecular weight excluding hydrogens is 498 g/mol. The monoisotopic (exact) mass is 529 g/mol. The third-order valence-electron chi connectivity index (χ3n) is 6.37. The van der Waals surface area contributed by atoms with Crippen molar-refractivity contribution < 1.29 is 19.1 Å². The SMILES string of the molecule is COc1ccc(-c2c3c(n4ccc(-c5nnc(C)nn5)cc24)C(=O)N(CCCNC(=O)OC(C)(C)C)C3)cc1. The zero-order valence-electron chi connectivity index (χ0n) is 22.7. The summed E-state index contributed by atoms with van der Waals surface area (Å²) in [5.41, 5.74) is 4.57. The standard InChI is InChI=1S/C28H31N7O4/c1-17-30-32-25(33-31-17)19-11-14-35-22(15-19)23(18-7-9-20(38-5)10-8-18)21-16-34(26(36)24(21)35)13-6-12-29-27(37)39-28(2,3)4/h7-11,14-15H,6,12-13,16H2,1-5H3,(H,29,37). The molecule has 0 aliphatic carbocycles. The molecule has 4 heterocycles. The summed E-state index contributed by atoms with van der Waals surface area (Å²) in [6.07, 6.45) is 2.00. The highest BCUT2D eigenvalue weighted by Crippen LogP contribution is 2.40. The van der Waals surface area contributed by atoms with Gasteiger partial charge in [-0.15, -0.1) is 20.4 Å². The Labute approximate surface area is 226 Å². The maximum atomic E-state index is 13.6. The van der Waals surface area contributed by atoms with Gasteiger partial charge in [0.15, 0.2) is 5.82 Å². The Hall–Kier alpha value is -4.54. The largest absolute Gasteiger partial charge is 0.497 e. The normalized spacial score (nSPS) is 13.1. The van der Waals surface area contributed by atoms with Crippen molar-refractivity contribution in [3.05, 3.63) is 59.7 Å². The molecule has 0 saturated heterocycles. The molecule has 0 spiro atoms. The second kappa shape index (κ2) is 10.3. The van der Waals surface area contributed by atoms with Crippen LogP contribution in [0.3, 0.4) is 0 Å². The minimum atomic E-state index is -0.559. The third kappa shape index (κ3) is 5.38. The summed E-state index contributed by atoms with van der Waals surface area (Å²) in [5.74, 6) is 1.60. The maximum Gasteiger partial charge on any atom is 0.407 e. The topological polar surface area (TPSA) is 124 Å².